The van der Waals surface area contributed by atoms with E-state index in [1.807, 2.05) is 0 Å². The maximum atomic E-state index is 15.4. The number of nitrogens with zero attached hydrogens (tertiary/aromatic N) is 2. The van der Waals surface area contributed by atoms with Crippen LogP contribution in [0.3, 0.4) is 0 Å². The smallest absolute Gasteiger partial charge is 0.421 e. The second-order valence-electron chi connectivity index (χ2n) is 10.2. The van der Waals surface area contributed by atoms with Gasteiger partial charge in [0.1, 0.15) is 5.56 Å². The van der Waals surface area contributed by atoms with Crippen LogP contribution in [0.25, 0.3) is 0 Å². The number of carboxylic acid groups (broad SMARTS) is 1. The maximum Gasteiger partial charge on any atom is 0.421 e. The summed E-state index contributed by atoms with van der Waals surface area (Å²) in [7, 11) is 1.08. The van der Waals surface area contributed by atoms with Crippen molar-refractivity contribution < 1.29 is 46.5 Å². The fourth-order valence-corrected chi connectivity index (χ4v) is 4.72. The highest BCUT2D eigenvalue weighted by Gasteiger charge is 2.37. The third-order valence-corrected chi connectivity index (χ3v) is 6.88. The van der Waals surface area contributed by atoms with Crippen LogP contribution >= 0.6 is 0 Å². The molecule has 0 aliphatic heterocycles. The van der Waals surface area contributed by atoms with E-state index in [0.717, 1.165) is 38.3 Å². The predicted molar refractivity (Wildman–Crippen MR) is 137 cm³/mol. The Balaban J connectivity index is 2.04. The number of hydrogen-bond acceptors (Lipinski definition) is 6. The van der Waals surface area contributed by atoms with Crippen molar-refractivity contribution in [2.75, 3.05) is 12.0 Å². The minimum Gasteiger partial charge on any atom is -0.481 e. The number of hydrogen-bond donors (Lipinski definition) is 1. The van der Waals surface area contributed by atoms with Gasteiger partial charge < -0.3 is 19.5 Å². The quantitative estimate of drug-likeness (QED) is 0.276. The monoisotopic (exact) mass is 568 g/mol. The molecule has 0 spiro atoms. The first-order valence-corrected chi connectivity index (χ1v) is 12.9. The number of carbonyl (C=O) groups excluding carboxylic acids is 2. The summed E-state index contributed by atoms with van der Waals surface area (Å²) in [5.41, 5.74) is -1.69. The molecule has 0 atom stereocenters. The second-order valence-corrected chi connectivity index (χ2v) is 10.2. The number of rotatable bonds is 9. The van der Waals surface area contributed by atoms with Crippen molar-refractivity contribution in [3.05, 3.63) is 46.9 Å². The number of carbonyl (C=O) groups is 3. The molecule has 3 rings (SSSR count). The normalized spacial score (nSPS) is 17.4. The van der Waals surface area contributed by atoms with Crippen LogP contribution in [0.1, 0.15) is 74.4 Å². The number of aryl methyl sites for hydroxylation is 1. The molecule has 1 fully saturated rings. The Morgan fingerprint density at radius 2 is 1.77 bits per heavy atom. The molecular formula is C28H32F4N2O6. The van der Waals surface area contributed by atoms with E-state index in [1.54, 1.807) is 13.8 Å². The molecule has 2 aromatic rings. The number of esters is 1. The summed E-state index contributed by atoms with van der Waals surface area (Å²) in [6.45, 7) is 5.52. The molecule has 1 aliphatic rings. The van der Waals surface area contributed by atoms with E-state index in [9.17, 15) is 27.6 Å². The number of alkyl halides is 3. The predicted octanol–water partition coefficient (Wildman–Crippen LogP) is 6.40. The highest BCUT2D eigenvalue weighted by molar-refractivity contribution is 6.04. The van der Waals surface area contributed by atoms with Gasteiger partial charge in [0.25, 0.3) is 0 Å². The van der Waals surface area contributed by atoms with Crippen molar-refractivity contribution in [3.8, 4) is 11.6 Å². The summed E-state index contributed by atoms with van der Waals surface area (Å²) in [5, 5.41) is 8.82. The van der Waals surface area contributed by atoms with E-state index in [0.29, 0.717) is 24.8 Å². The Morgan fingerprint density at radius 3 is 2.33 bits per heavy atom. The summed E-state index contributed by atoms with van der Waals surface area (Å²) in [5.74, 6) is -5.09. The van der Waals surface area contributed by atoms with Gasteiger partial charge >= 0.3 is 18.1 Å². The summed E-state index contributed by atoms with van der Waals surface area (Å²) >= 11 is 0. The van der Waals surface area contributed by atoms with Gasteiger partial charge in [-0.05, 0) is 63.5 Å². The molecule has 1 N–H and O–H groups in total. The number of ether oxygens (including phenoxy) is 2. The Bertz CT molecular complexity index is 1260. The first kappa shape index (κ1) is 30.8. The highest BCUT2D eigenvalue weighted by Crippen LogP contribution is 2.40. The van der Waals surface area contributed by atoms with E-state index in [4.69, 9.17) is 14.6 Å². The zero-order chi connectivity index (χ0) is 29.8. The van der Waals surface area contributed by atoms with Gasteiger partial charge in [0.15, 0.2) is 11.6 Å². The molecule has 0 bridgehead atoms. The lowest BCUT2D eigenvalue weighted by molar-refractivity contribution is -0.139. The van der Waals surface area contributed by atoms with Gasteiger partial charge in [-0.15, -0.1) is 0 Å². The second kappa shape index (κ2) is 12.6. The topological polar surface area (TPSA) is 106 Å². The van der Waals surface area contributed by atoms with E-state index in [-0.39, 0.29) is 35.1 Å². The average Bonchev–Trinajstić information content (AvgIpc) is 2.88. The largest absolute Gasteiger partial charge is 0.481 e. The molecule has 8 nitrogen and oxygen atoms in total. The van der Waals surface area contributed by atoms with Gasteiger partial charge in [0.2, 0.25) is 11.8 Å². The first-order chi connectivity index (χ1) is 18.7. The fourth-order valence-electron chi connectivity index (χ4n) is 4.72. The molecule has 1 aromatic carbocycles. The van der Waals surface area contributed by atoms with Crippen LogP contribution in [-0.4, -0.2) is 41.1 Å². The van der Waals surface area contributed by atoms with Gasteiger partial charge in [0.05, 0.1) is 18.4 Å². The molecule has 40 heavy (non-hydrogen) atoms. The number of carboxylic acids is 1. The van der Waals surface area contributed by atoms with E-state index in [1.165, 1.54) is 4.90 Å². The van der Waals surface area contributed by atoms with Crippen LogP contribution in [0.4, 0.5) is 23.2 Å². The molecule has 1 heterocycles. The van der Waals surface area contributed by atoms with Crippen molar-refractivity contribution >= 4 is 23.5 Å². The van der Waals surface area contributed by atoms with Crippen molar-refractivity contribution in [1.82, 2.24) is 4.98 Å². The van der Waals surface area contributed by atoms with Crippen molar-refractivity contribution in [3.63, 3.8) is 0 Å². The van der Waals surface area contributed by atoms with Crippen molar-refractivity contribution in [1.29, 1.82) is 0 Å². The highest BCUT2D eigenvalue weighted by atomic mass is 19.4. The van der Waals surface area contributed by atoms with Crippen LogP contribution in [0.15, 0.2) is 24.4 Å². The minimum absolute atomic E-state index is 0.00339. The summed E-state index contributed by atoms with van der Waals surface area (Å²) in [6, 6.07) is 1.98. The SMILES string of the molecule is COC(=O)c1cc(Oc2ncc(CCC(=O)O)cc2C(F)(F)F)c(F)cc1N(C(=O)C1CCC(C)CC1)C(C)C. The number of amides is 1. The first-order valence-electron chi connectivity index (χ1n) is 12.9. The number of benzene rings is 1. The van der Waals surface area contributed by atoms with Crippen LogP contribution < -0.4 is 9.64 Å². The number of methoxy groups -OCH3 is 1. The Morgan fingerprint density at radius 1 is 1.12 bits per heavy atom. The number of aromatic nitrogens is 1. The van der Waals surface area contributed by atoms with E-state index >= 15 is 4.39 Å². The third kappa shape index (κ3) is 7.28. The molecular weight excluding hydrogens is 536 g/mol. The molecule has 1 aromatic heterocycles. The Hall–Kier alpha value is -3.70. The van der Waals surface area contributed by atoms with Gasteiger partial charge in [-0.25, -0.2) is 14.2 Å². The Kier molecular flexibility index (Phi) is 9.75. The fraction of sp³-hybridized carbons (Fsp3) is 0.500. The number of aliphatic carboxylic acids is 1. The summed E-state index contributed by atoms with van der Waals surface area (Å²) in [4.78, 5) is 42.0. The average molecular weight is 569 g/mol. The molecule has 0 radical (unpaired) electrons. The van der Waals surface area contributed by atoms with Crippen LogP contribution in [0.5, 0.6) is 11.6 Å². The molecule has 1 aliphatic carbocycles. The zero-order valence-electron chi connectivity index (χ0n) is 22.7. The van der Waals surface area contributed by atoms with E-state index in [2.05, 4.69) is 11.9 Å². The number of pyridine rings is 1. The van der Waals surface area contributed by atoms with Crippen molar-refractivity contribution in [2.45, 2.75) is 71.5 Å². The van der Waals surface area contributed by atoms with Crippen molar-refractivity contribution in [2.24, 2.45) is 11.8 Å². The lowest BCUT2D eigenvalue weighted by Gasteiger charge is -2.34. The van der Waals surface area contributed by atoms with Gasteiger partial charge in [0, 0.05) is 36.7 Å². The molecule has 12 heteroatoms. The molecule has 1 amide bonds. The number of halogens is 4. The molecule has 1 saturated carbocycles. The van der Waals surface area contributed by atoms with E-state index < -0.39 is 53.6 Å². The lowest BCUT2D eigenvalue weighted by atomic mass is 9.82. The molecule has 0 unspecified atom stereocenters. The zero-order valence-corrected chi connectivity index (χ0v) is 22.7. The summed E-state index contributed by atoms with van der Waals surface area (Å²) in [6.07, 6.45) is -1.56. The Labute approximate surface area is 229 Å². The minimum atomic E-state index is -4.96. The molecule has 0 saturated heterocycles. The van der Waals surface area contributed by atoms with Crippen LogP contribution in [0.2, 0.25) is 0 Å². The third-order valence-electron chi connectivity index (χ3n) is 6.88. The van der Waals surface area contributed by atoms with Gasteiger partial charge in [-0.3, -0.25) is 9.59 Å². The van der Waals surface area contributed by atoms with Gasteiger partial charge in [-0.1, -0.05) is 6.92 Å². The standard InChI is InChI=1S/C28H32F4N2O6/c1-15(2)34(26(37)18-8-5-16(3)6-9-18)22-13-21(29)23(12-19(22)27(38)39-4)40-25-20(28(30,31)32)11-17(14-33-25)7-10-24(35)36/h11-16,18H,5-10H2,1-4H3,(H,35,36). The number of anilines is 1. The summed E-state index contributed by atoms with van der Waals surface area (Å²) < 4.78 is 66.8. The van der Waals surface area contributed by atoms with Gasteiger partial charge in [-0.2, -0.15) is 13.2 Å². The lowest BCUT2D eigenvalue weighted by Crippen LogP contribution is -2.43. The van der Waals surface area contributed by atoms with Crippen LogP contribution in [-0.2, 0) is 26.9 Å². The van der Waals surface area contributed by atoms with Crippen LogP contribution in [0, 0.1) is 17.7 Å². The molecule has 218 valence electrons. The maximum absolute atomic E-state index is 15.4.